The topological polar surface area (TPSA) is 94.8 Å². The second kappa shape index (κ2) is 8.20. The van der Waals surface area contributed by atoms with Crippen molar-refractivity contribution in [2.45, 2.75) is 38.8 Å². The highest BCUT2D eigenvalue weighted by molar-refractivity contribution is 7.16. The Morgan fingerprint density at radius 1 is 1.38 bits per heavy atom. The van der Waals surface area contributed by atoms with Crippen LogP contribution in [0, 0.1) is 0 Å². The van der Waals surface area contributed by atoms with Gasteiger partial charge in [-0.15, -0.1) is 11.3 Å². The number of likely N-dealkylation sites (tertiary alicyclic amines) is 1. The molecule has 3 N–H and O–H groups in total. The number of piperidine rings is 1. The van der Waals surface area contributed by atoms with Crippen LogP contribution in [0.1, 0.15) is 36.5 Å². The van der Waals surface area contributed by atoms with E-state index in [4.69, 9.17) is 5.11 Å². The van der Waals surface area contributed by atoms with E-state index in [0.29, 0.717) is 16.8 Å². The van der Waals surface area contributed by atoms with Crippen LogP contribution in [0.5, 0.6) is 5.75 Å². The summed E-state index contributed by atoms with van der Waals surface area (Å²) >= 11 is 1.38. The molecule has 8 heteroatoms. The lowest BCUT2D eigenvalue weighted by Crippen LogP contribution is -2.46. The van der Waals surface area contributed by atoms with Crippen molar-refractivity contribution in [3.8, 4) is 5.75 Å². The number of aliphatic hydroxyl groups excluding tert-OH is 1. The van der Waals surface area contributed by atoms with Crippen molar-refractivity contribution < 1.29 is 15.0 Å². The maximum atomic E-state index is 12.7. The molecular formula is C18H25N3O4S. The molecule has 0 radical (unpaired) electrons. The molecule has 1 amide bonds. The van der Waals surface area contributed by atoms with E-state index in [0.717, 1.165) is 38.9 Å². The Labute approximate surface area is 155 Å². The highest BCUT2D eigenvalue weighted by Gasteiger charge is 2.26. The van der Waals surface area contributed by atoms with E-state index in [2.05, 4.69) is 10.2 Å². The standard InChI is InChI=1S/C18H25N3O4S/c1-2-21-17(25)14(15(23)13-6-11-26-18(13)21)16(24)19-12-4-8-20(9-5-12)7-3-10-22/h6,11-12,22-23H,2-5,7-10H2,1H3,(H,19,24). The first-order valence-corrected chi connectivity index (χ1v) is 9.91. The van der Waals surface area contributed by atoms with Gasteiger partial charge >= 0.3 is 0 Å². The molecule has 26 heavy (non-hydrogen) atoms. The van der Waals surface area contributed by atoms with Gasteiger partial charge in [-0.2, -0.15) is 0 Å². The fourth-order valence-electron chi connectivity index (χ4n) is 3.50. The molecule has 0 saturated carbocycles. The summed E-state index contributed by atoms with van der Waals surface area (Å²) in [6.07, 6.45) is 2.34. The minimum Gasteiger partial charge on any atom is -0.506 e. The number of nitrogens with zero attached hydrogens (tertiary/aromatic N) is 2. The lowest BCUT2D eigenvalue weighted by atomic mass is 10.0. The molecule has 0 spiro atoms. The predicted molar refractivity (Wildman–Crippen MR) is 102 cm³/mol. The van der Waals surface area contributed by atoms with Crippen LogP contribution in [-0.2, 0) is 6.54 Å². The fourth-order valence-corrected chi connectivity index (χ4v) is 4.46. The number of hydrogen-bond acceptors (Lipinski definition) is 6. The molecule has 1 aliphatic heterocycles. The predicted octanol–water partition coefficient (Wildman–Crippen LogP) is 1.37. The van der Waals surface area contributed by atoms with Gasteiger partial charge in [0, 0.05) is 38.8 Å². The summed E-state index contributed by atoms with van der Waals surface area (Å²) in [6.45, 7) is 5.03. The number of fused-ring (bicyclic) bond motifs is 1. The number of aromatic nitrogens is 1. The number of aryl methyl sites for hydroxylation is 1. The van der Waals surface area contributed by atoms with Gasteiger partial charge in [0.05, 0.1) is 5.39 Å². The smallest absolute Gasteiger partial charge is 0.268 e. The fraction of sp³-hybridized carbons (Fsp3) is 0.556. The Kier molecular flexibility index (Phi) is 5.95. The molecule has 1 fully saturated rings. The number of aromatic hydroxyl groups is 1. The zero-order chi connectivity index (χ0) is 18.7. The Morgan fingerprint density at radius 3 is 2.77 bits per heavy atom. The summed E-state index contributed by atoms with van der Waals surface area (Å²) in [6, 6.07) is 1.72. The van der Waals surface area contributed by atoms with Crippen LogP contribution in [0.3, 0.4) is 0 Å². The van der Waals surface area contributed by atoms with Gasteiger partial charge < -0.3 is 20.4 Å². The number of aliphatic hydroxyl groups is 1. The van der Waals surface area contributed by atoms with E-state index in [1.807, 2.05) is 6.92 Å². The van der Waals surface area contributed by atoms with Crippen molar-refractivity contribution in [2.75, 3.05) is 26.2 Å². The van der Waals surface area contributed by atoms with Crippen LogP contribution in [0.25, 0.3) is 10.2 Å². The largest absolute Gasteiger partial charge is 0.506 e. The van der Waals surface area contributed by atoms with Gasteiger partial charge in [-0.1, -0.05) is 0 Å². The van der Waals surface area contributed by atoms with Crippen LogP contribution < -0.4 is 10.9 Å². The Morgan fingerprint density at radius 2 is 2.12 bits per heavy atom. The molecule has 142 valence electrons. The number of thiophene rings is 1. The second-order valence-corrected chi connectivity index (χ2v) is 7.47. The molecule has 0 atom stereocenters. The van der Waals surface area contributed by atoms with E-state index in [9.17, 15) is 14.7 Å². The Bertz CT molecular complexity index is 837. The lowest BCUT2D eigenvalue weighted by Gasteiger charge is -2.32. The van der Waals surface area contributed by atoms with E-state index < -0.39 is 11.5 Å². The highest BCUT2D eigenvalue weighted by Crippen LogP contribution is 2.30. The first-order chi connectivity index (χ1) is 12.6. The van der Waals surface area contributed by atoms with Crippen molar-refractivity contribution in [3.05, 3.63) is 27.4 Å². The lowest BCUT2D eigenvalue weighted by molar-refractivity contribution is 0.0904. The van der Waals surface area contributed by atoms with Crippen LogP contribution in [-0.4, -0.2) is 57.9 Å². The average Bonchev–Trinajstić information content (AvgIpc) is 3.11. The number of pyridine rings is 1. The molecular weight excluding hydrogens is 354 g/mol. The SMILES string of the molecule is CCn1c(=O)c(C(=O)NC2CCN(CCCO)CC2)c(O)c2ccsc21. The molecule has 2 aromatic heterocycles. The van der Waals surface area contributed by atoms with E-state index in [1.54, 1.807) is 11.4 Å². The molecule has 7 nitrogen and oxygen atoms in total. The highest BCUT2D eigenvalue weighted by atomic mass is 32.1. The summed E-state index contributed by atoms with van der Waals surface area (Å²) in [5, 5.41) is 24.7. The number of nitrogens with one attached hydrogen (secondary N) is 1. The van der Waals surface area contributed by atoms with Crippen LogP contribution in [0.15, 0.2) is 16.2 Å². The van der Waals surface area contributed by atoms with Crippen molar-refractivity contribution in [2.24, 2.45) is 0 Å². The maximum absolute atomic E-state index is 12.7. The van der Waals surface area contributed by atoms with Crippen molar-refractivity contribution in [1.82, 2.24) is 14.8 Å². The first-order valence-electron chi connectivity index (χ1n) is 9.03. The van der Waals surface area contributed by atoms with Crippen LogP contribution in [0.4, 0.5) is 0 Å². The summed E-state index contributed by atoms with van der Waals surface area (Å²) in [7, 11) is 0. The van der Waals surface area contributed by atoms with E-state index in [1.165, 1.54) is 15.9 Å². The van der Waals surface area contributed by atoms with Crippen LogP contribution >= 0.6 is 11.3 Å². The van der Waals surface area contributed by atoms with Crippen molar-refractivity contribution in [1.29, 1.82) is 0 Å². The monoisotopic (exact) mass is 379 g/mol. The van der Waals surface area contributed by atoms with E-state index in [-0.39, 0.29) is 24.0 Å². The van der Waals surface area contributed by atoms with Gasteiger partial charge in [-0.3, -0.25) is 14.2 Å². The average molecular weight is 379 g/mol. The van der Waals surface area contributed by atoms with Gasteiger partial charge in [0.1, 0.15) is 16.1 Å². The number of amides is 1. The summed E-state index contributed by atoms with van der Waals surface area (Å²) < 4.78 is 1.53. The molecule has 0 unspecified atom stereocenters. The second-order valence-electron chi connectivity index (χ2n) is 6.58. The molecule has 3 rings (SSSR count). The normalized spacial score (nSPS) is 16.2. The van der Waals surface area contributed by atoms with Gasteiger partial charge in [0.2, 0.25) is 0 Å². The van der Waals surface area contributed by atoms with Gasteiger partial charge in [-0.25, -0.2) is 0 Å². The molecule has 1 aliphatic rings. The number of carbonyl (C=O) groups excluding carboxylic acids is 1. The summed E-state index contributed by atoms with van der Waals surface area (Å²) in [5.41, 5.74) is -0.613. The Balaban J connectivity index is 1.76. The third-order valence-corrected chi connectivity index (χ3v) is 5.88. The number of hydrogen-bond donors (Lipinski definition) is 3. The van der Waals surface area contributed by atoms with E-state index >= 15 is 0 Å². The minimum absolute atomic E-state index is 0.0140. The number of carbonyl (C=O) groups is 1. The molecule has 0 aliphatic carbocycles. The van der Waals surface area contributed by atoms with Gasteiger partial charge in [0.25, 0.3) is 11.5 Å². The summed E-state index contributed by atoms with van der Waals surface area (Å²) in [5.74, 6) is -0.731. The minimum atomic E-state index is -0.503. The zero-order valence-electron chi connectivity index (χ0n) is 14.9. The first kappa shape index (κ1) is 18.9. The van der Waals surface area contributed by atoms with Crippen molar-refractivity contribution >= 4 is 27.5 Å². The quantitative estimate of drug-likeness (QED) is 0.705. The molecule has 3 heterocycles. The molecule has 2 aromatic rings. The zero-order valence-corrected chi connectivity index (χ0v) is 15.7. The number of rotatable bonds is 6. The maximum Gasteiger partial charge on any atom is 0.268 e. The van der Waals surface area contributed by atoms with Crippen LogP contribution in [0.2, 0.25) is 0 Å². The van der Waals surface area contributed by atoms with Gasteiger partial charge in [0.15, 0.2) is 0 Å². The molecule has 0 bridgehead atoms. The molecule has 1 saturated heterocycles. The molecule has 0 aromatic carbocycles. The third kappa shape index (κ3) is 3.62. The Hall–Kier alpha value is -1.90. The third-order valence-electron chi connectivity index (χ3n) is 4.94. The van der Waals surface area contributed by atoms with Gasteiger partial charge in [-0.05, 0) is 37.6 Å². The summed E-state index contributed by atoms with van der Waals surface area (Å²) in [4.78, 5) is 28.4. The van der Waals surface area contributed by atoms with Crippen molar-refractivity contribution in [3.63, 3.8) is 0 Å².